The van der Waals surface area contributed by atoms with E-state index < -0.39 is 6.10 Å². The van der Waals surface area contributed by atoms with E-state index in [1.807, 2.05) is 48.5 Å². The van der Waals surface area contributed by atoms with Crippen LogP contribution in [0.2, 0.25) is 0 Å². The van der Waals surface area contributed by atoms with Crippen molar-refractivity contribution < 1.29 is 9.84 Å². The van der Waals surface area contributed by atoms with Gasteiger partial charge in [-0.1, -0.05) is 78.4 Å². The van der Waals surface area contributed by atoms with Gasteiger partial charge in [-0.05, 0) is 30.2 Å². The van der Waals surface area contributed by atoms with E-state index in [9.17, 15) is 5.11 Å². The predicted molar refractivity (Wildman–Crippen MR) is 110 cm³/mol. The molecule has 0 saturated heterocycles. The second kappa shape index (κ2) is 9.91. The molecule has 0 aliphatic rings. The summed E-state index contributed by atoms with van der Waals surface area (Å²) in [5.41, 5.74) is 3.73. The van der Waals surface area contributed by atoms with E-state index in [1.54, 1.807) is 0 Å². The lowest BCUT2D eigenvalue weighted by Crippen LogP contribution is -2.35. The molecule has 0 aliphatic heterocycles. The minimum Gasteiger partial charge on any atom is -0.491 e. The van der Waals surface area contributed by atoms with Gasteiger partial charge in [-0.25, -0.2) is 0 Å². The maximum atomic E-state index is 10.5. The van der Waals surface area contributed by atoms with Gasteiger partial charge in [0.1, 0.15) is 18.5 Å². The van der Waals surface area contributed by atoms with Gasteiger partial charge < -0.3 is 9.84 Å². The molecule has 1 N–H and O–H groups in total. The number of aryl methyl sites for hydroxylation is 1. The van der Waals surface area contributed by atoms with Crippen LogP contribution in [0.4, 0.5) is 0 Å². The Morgan fingerprint density at radius 1 is 0.778 bits per heavy atom. The van der Waals surface area contributed by atoms with Gasteiger partial charge in [-0.15, -0.1) is 0 Å². The lowest BCUT2D eigenvalue weighted by Gasteiger charge is -2.25. The molecule has 0 heterocycles. The molecule has 140 valence electrons. The Balaban J connectivity index is 1.62. The first kappa shape index (κ1) is 19.2. The summed E-state index contributed by atoms with van der Waals surface area (Å²) in [6.07, 6.45) is -0.556. The van der Waals surface area contributed by atoms with Gasteiger partial charge in [0.25, 0.3) is 0 Å². The minimum atomic E-state index is -0.556. The topological polar surface area (TPSA) is 32.7 Å². The van der Waals surface area contributed by atoms with Crippen molar-refractivity contribution in [1.29, 1.82) is 0 Å². The molecule has 0 bridgehead atoms. The largest absolute Gasteiger partial charge is 0.491 e. The molecule has 3 nitrogen and oxygen atoms in total. The van der Waals surface area contributed by atoms with Crippen molar-refractivity contribution in [1.82, 2.24) is 4.90 Å². The van der Waals surface area contributed by atoms with Crippen LogP contribution in [0.5, 0.6) is 5.75 Å². The molecule has 3 rings (SSSR count). The van der Waals surface area contributed by atoms with E-state index in [0.717, 1.165) is 18.8 Å². The fourth-order valence-electron chi connectivity index (χ4n) is 3.04. The van der Waals surface area contributed by atoms with E-state index in [-0.39, 0.29) is 6.61 Å². The molecule has 0 amide bonds. The van der Waals surface area contributed by atoms with Crippen molar-refractivity contribution in [2.24, 2.45) is 0 Å². The highest BCUT2D eigenvalue weighted by atomic mass is 16.5. The zero-order valence-corrected chi connectivity index (χ0v) is 15.8. The van der Waals surface area contributed by atoms with E-state index in [2.05, 4.69) is 48.2 Å². The molecule has 0 saturated carbocycles. The lowest BCUT2D eigenvalue weighted by atomic mass is 10.1. The summed E-state index contributed by atoms with van der Waals surface area (Å²) in [5.74, 6) is 0.782. The average molecular weight is 361 g/mol. The van der Waals surface area contributed by atoms with Crippen LogP contribution in [0.1, 0.15) is 16.7 Å². The molecule has 0 aliphatic carbocycles. The van der Waals surface area contributed by atoms with Crippen molar-refractivity contribution in [3.05, 3.63) is 102 Å². The molecule has 0 aromatic heterocycles. The number of nitrogens with zero attached hydrogens (tertiary/aromatic N) is 1. The SMILES string of the molecule is Cc1ccc(CN(Cc2ccccc2)CC(O)COc2ccccc2)cc1. The normalized spacial score (nSPS) is 12.1. The first-order chi connectivity index (χ1) is 13.2. The Morgan fingerprint density at radius 2 is 1.33 bits per heavy atom. The van der Waals surface area contributed by atoms with Crippen molar-refractivity contribution in [3.8, 4) is 5.75 Å². The monoisotopic (exact) mass is 361 g/mol. The van der Waals surface area contributed by atoms with E-state index in [4.69, 9.17) is 4.74 Å². The van der Waals surface area contributed by atoms with Gasteiger partial charge in [0.2, 0.25) is 0 Å². The number of ether oxygens (including phenoxy) is 1. The summed E-state index contributed by atoms with van der Waals surface area (Å²) >= 11 is 0. The van der Waals surface area contributed by atoms with Crippen LogP contribution in [-0.4, -0.2) is 29.3 Å². The second-order valence-corrected chi connectivity index (χ2v) is 6.92. The summed E-state index contributed by atoms with van der Waals surface area (Å²) in [4.78, 5) is 2.26. The van der Waals surface area contributed by atoms with Crippen molar-refractivity contribution >= 4 is 0 Å². The molecular formula is C24H27NO2. The summed E-state index contributed by atoms with van der Waals surface area (Å²) in [7, 11) is 0. The molecule has 0 radical (unpaired) electrons. The molecule has 0 spiro atoms. The molecule has 27 heavy (non-hydrogen) atoms. The quantitative estimate of drug-likeness (QED) is 0.612. The Kier molecular flexibility index (Phi) is 7.03. The Labute approximate surface area is 161 Å². The second-order valence-electron chi connectivity index (χ2n) is 6.92. The van der Waals surface area contributed by atoms with E-state index in [0.29, 0.717) is 6.54 Å². The van der Waals surface area contributed by atoms with Crippen molar-refractivity contribution in [3.63, 3.8) is 0 Å². The van der Waals surface area contributed by atoms with Gasteiger partial charge in [0.15, 0.2) is 0 Å². The summed E-state index contributed by atoms with van der Waals surface area (Å²) in [6, 6.07) is 28.6. The number of aliphatic hydroxyl groups excluding tert-OH is 1. The summed E-state index contributed by atoms with van der Waals surface area (Å²) < 4.78 is 5.71. The van der Waals surface area contributed by atoms with E-state index >= 15 is 0 Å². The maximum absolute atomic E-state index is 10.5. The van der Waals surface area contributed by atoms with Gasteiger partial charge >= 0.3 is 0 Å². The zero-order chi connectivity index (χ0) is 18.9. The van der Waals surface area contributed by atoms with Gasteiger partial charge in [0.05, 0.1) is 0 Å². The highest BCUT2D eigenvalue weighted by Crippen LogP contribution is 2.13. The predicted octanol–water partition coefficient (Wildman–Crippen LogP) is 4.44. The summed E-state index contributed by atoms with van der Waals surface area (Å²) in [6.45, 7) is 4.50. The number of rotatable bonds is 9. The Bertz CT molecular complexity index is 788. The molecular weight excluding hydrogens is 334 g/mol. The van der Waals surface area contributed by atoms with Crippen LogP contribution in [0.25, 0.3) is 0 Å². The van der Waals surface area contributed by atoms with E-state index in [1.165, 1.54) is 16.7 Å². The Hall–Kier alpha value is -2.62. The standard InChI is InChI=1S/C24H27NO2/c1-20-12-14-22(15-13-20)17-25(16-21-8-4-2-5-9-21)18-23(26)19-27-24-10-6-3-7-11-24/h2-15,23,26H,16-19H2,1H3. The summed E-state index contributed by atoms with van der Waals surface area (Å²) in [5, 5.41) is 10.5. The van der Waals surface area contributed by atoms with Crippen LogP contribution in [0.15, 0.2) is 84.9 Å². The van der Waals surface area contributed by atoms with Gasteiger partial charge in [-0.2, -0.15) is 0 Å². The van der Waals surface area contributed by atoms with Crippen LogP contribution < -0.4 is 4.74 Å². The van der Waals surface area contributed by atoms with Crippen LogP contribution in [-0.2, 0) is 13.1 Å². The fourth-order valence-corrected chi connectivity index (χ4v) is 3.04. The highest BCUT2D eigenvalue weighted by molar-refractivity contribution is 5.22. The zero-order valence-electron chi connectivity index (χ0n) is 15.8. The van der Waals surface area contributed by atoms with Crippen LogP contribution >= 0.6 is 0 Å². The molecule has 3 heteroatoms. The lowest BCUT2D eigenvalue weighted by molar-refractivity contribution is 0.0628. The number of hydrogen-bond acceptors (Lipinski definition) is 3. The number of para-hydroxylation sites is 1. The minimum absolute atomic E-state index is 0.281. The molecule has 1 atom stereocenters. The first-order valence-corrected chi connectivity index (χ1v) is 9.37. The number of benzene rings is 3. The van der Waals surface area contributed by atoms with Crippen molar-refractivity contribution in [2.75, 3.05) is 13.2 Å². The molecule has 3 aromatic carbocycles. The third kappa shape index (κ3) is 6.55. The maximum Gasteiger partial charge on any atom is 0.119 e. The smallest absolute Gasteiger partial charge is 0.119 e. The van der Waals surface area contributed by atoms with Gasteiger partial charge in [-0.3, -0.25) is 4.90 Å². The third-order valence-electron chi connectivity index (χ3n) is 4.43. The first-order valence-electron chi connectivity index (χ1n) is 9.37. The molecule has 1 unspecified atom stereocenters. The third-order valence-corrected chi connectivity index (χ3v) is 4.43. The highest BCUT2D eigenvalue weighted by Gasteiger charge is 2.14. The average Bonchev–Trinajstić information content (AvgIpc) is 2.70. The van der Waals surface area contributed by atoms with Gasteiger partial charge in [0, 0.05) is 19.6 Å². The van der Waals surface area contributed by atoms with Crippen LogP contribution in [0, 0.1) is 6.92 Å². The van der Waals surface area contributed by atoms with Crippen LogP contribution in [0.3, 0.4) is 0 Å². The fraction of sp³-hybridized carbons (Fsp3) is 0.250. The number of hydrogen-bond donors (Lipinski definition) is 1. The molecule has 3 aromatic rings. The molecule has 0 fully saturated rings. The Morgan fingerprint density at radius 3 is 1.96 bits per heavy atom. The van der Waals surface area contributed by atoms with Crippen molar-refractivity contribution in [2.45, 2.75) is 26.1 Å². The number of aliphatic hydroxyl groups is 1.